The van der Waals surface area contributed by atoms with E-state index in [1.54, 1.807) is 11.3 Å². The predicted molar refractivity (Wildman–Crippen MR) is 103 cm³/mol. The van der Waals surface area contributed by atoms with Gasteiger partial charge < -0.3 is 9.26 Å². The Morgan fingerprint density at radius 2 is 1.96 bits per heavy atom. The molecule has 4 rings (SSSR count). The first-order valence-corrected chi connectivity index (χ1v) is 9.24. The molecule has 0 N–H and O–H groups in total. The summed E-state index contributed by atoms with van der Waals surface area (Å²) in [6.45, 7) is 4.60. The number of hydrogen-bond donors (Lipinski definition) is 0. The molecule has 0 radical (unpaired) electrons. The predicted octanol–water partition coefficient (Wildman–Crippen LogP) is 5.66. The van der Waals surface area contributed by atoms with Gasteiger partial charge in [-0.05, 0) is 60.2 Å². The molecule has 0 aliphatic carbocycles. The number of benzene rings is 2. The first kappa shape index (κ1) is 16.5. The molecule has 2 aromatic heterocycles. The highest BCUT2D eigenvalue weighted by atomic mass is 32.1. The van der Waals surface area contributed by atoms with Crippen LogP contribution in [0, 0.1) is 13.8 Å². The fourth-order valence-electron chi connectivity index (χ4n) is 2.66. The zero-order chi connectivity index (χ0) is 17.9. The van der Waals surface area contributed by atoms with Gasteiger partial charge in [0, 0.05) is 5.56 Å². The van der Waals surface area contributed by atoms with E-state index in [1.807, 2.05) is 41.8 Å². The van der Waals surface area contributed by atoms with Crippen LogP contribution in [-0.2, 0) is 6.61 Å². The molecule has 4 nitrogen and oxygen atoms in total. The molecule has 2 heterocycles. The minimum absolute atomic E-state index is 0.490. The Morgan fingerprint density at radius 1 is 1.04 bits per heavy atom. The maximum Gasteiger partial charge on any atom is 0.258 e. The summed E-state index contributed by atoms with van der Waals surface area (Å²) in [6.07, 6.45) is 0. The van der Waals surface area contributed by atoms with Crippen LogP contribution < -0.4 is 4.74 Å². The quantitative estimate of drug-likeness (QED) is 0.459. The van der Waals surface area contributed by atoms with E-state index in [9.17, 15) is 0 Å². The van der Waals surface area contributed by atoms with E-state index < -0.39 is 0 Å². The first-order chi connectivity index (χ1) is 12.7. The summed E-state index contributed by atoms with van der Waals surface area (Å²) in [5.41, 5.74) is 4.26. The van der Waals surface area contributed by atoms with Crippen molar-refractivity contribution >= 4 is 11.3 Å². The average molecular weight is 362 g/mol. The second-order valence-corrected chi connectivity index (χ2v) is 7.11. The highest BCUT2D eigenvalue weighted by Gasteiger charge is 2.12. The minimum Gasteiger partial charge on any atom is -0.489 e. The normalized spacial score (nSPS) is 10.8. The molecule has 0 fully saturated rings. The first-order valence-electron chi connectivity index (χ1n) is 8.36. The van der Waals surface area contributed by atoms with E-state index >= 15 is 0 Å². The van der Waals surface area contributed by atoms with E-state index in [0.29, 0.717) is 18.3 Å². The van der Waals surface area contributed by atoms with Crippen LogP contribution in [0.4, 0.5) is 0 Å². The lowest BCUT2D eigenvalue weighted by Crippen LogP contribution is -1.97. The van der Waals surface area contributed by atoms with Crippen molar-refractivity contribution in [2.45, 2.75) is 20.5 Å². The third-order valence-electron chi connectivity index (χ3n) is 4.08. The van der Waals surface area contributed by atoms with Crippen molar-refractivity contribution in [2.75, 3.05) is 0 Å². The molecular formula is C21H18N2O2S. The van der Waals surface area contributed by atoms with Crippen LogP contribution >= 0.6 is 11.3 Å². The van der Waals surface area contributed by atoms with Crippen molar-refractivity contribution in [2.24, 2.45) is 0 Å². The van der Waals surface area contributed by atoms with Gasteiger partial charge in [0.1, 0.15) is 12.4 Å². The smallest absolute Gasteiger partial charge is 0.258 e. The summed E-state index contributed by atoms with van der Waals surface area (Å²) in [4.78, 5) is 5.49. The zero-order valence-electron chi connectivity index (χ0n) is 14.6. The molecule has 0 saturated heterocycles. The summed E-state index contributed by atoms with van der Waals surface area (Å²) in [7, 11) is 0. The lowest BCUT2D eigenvalue weighted by Gasteiger charge is -2.10. The maximum absolute atomic E-state index is 5.99. The molecule has 4 aromatic rings. The van der Waals surface area contributed by atoms with Crippen LogP contribution in [-0.4, -0.2) is 10.1 Å². The molecule has 0 saturated carbocycles. The number of hydrogen-bond acceptors (Lipinski definition) is 5. The summed E-state index contributed by atoms with van der Waals surface area (Å²) >= 11 is 1.59. The van der Waals surface area contributed by atoms with E-state index in [4.69, 9.17) is 9.26 Å². The molecule has 0 bridgehead atoms. The number of aromatic nitrogens is 2. The molecule has 26 heavy (non-hydrogen) atoms. The standard InChI is InChI=1S/C21H18N2O2S/c1-14-8-9-15(2)18(11-14)24-13-16-5-3-6-17(12-16)21-22-20(23-25-21)19-7-4-10-26-19/h3-12H,13H2,1-2H3. The number of nitrogens with zero attached hydrogens (tertiary/aromatic N) is 2. The Labute approximate surface area is 156 Å². The van der Waals surface area contributed by atoms with Crippen molar-refractivity contribution in [3.8, 4) is 27.9 Å². The van der Waals surface area contributed by atoms with Gasteiger partial charge in [-0.15, -0.1) is 11.3 Å². The van der Waals surface area contributed by atoms with Gasteiger partial charge in [-0.2, -0.15) is 4.98 Å². The van der Waals surface area contributed by atoms with Gasteiger partial charge in [-0.1, -0.05) is 35.5 Å². The van der Waals surface area contributed by atoms with Crippen LogP contribution in [0.1, 0.15) is 16.7 Å². The van der Waals surface area contributed by atoms with Crippen LogP contribution in [0.25, 0.3) is 22.2 Å². The summed E-state index contributed by atoms with van der Waals surface area (Å²) in [5, 5.41) is 6.07. The summed E-state index contributed by atoms with van der Waals surface area (Å²) in [6, 6.07) is 18.2. The van der Waals surface area contributed by atoms with Crippen LogP contribution in [0.5, 0.6) is 5.75 Å². The molecule has 0 aliphatic rings. The molecule has 5 heteroatoms. The molecule has 0 amide bonds. The van der Waals surface area contributed by atoms with Gasteiger partial charge in [0.25, 0.3) is 5.89 Å². The Hall–Kier alpha value is -2.92. The van der Waals surface area contributed by atoms with Gasteiger partial charge in [0.05, 0.1) is 4.88 Å². The highest BCUT2D eigenvalue weighted by molar-refractivity contribution is 7.13. The highest BCUT2D eigenvalue weighted by Crippen LogP contribution is 2.26. The number of rotatable bonds is 5. The monoisotopic (exact) mass is 362 g/mol. The second-order valence-electron chi connectivity index (χ2n) is 6.16. The van der Waals surface area contributed by atoms with Crippen molar-refractivity contribution in [1.82, 2.24) is 10.1 Å². The van der Waals surface area contributed by atoms with Crippen molar-refractivity contribution < 1.29 is 9.26 Å². The molecule has 0 unspecified atom stereocenters. The van der Waals surface area contributed by atoms with Gasteiger partial charge >= 0.3 is 0 Å². The topological polar surface area (TPSA) is 48.2 Å². The van der Waals surface area contributed by atoms with Crippen molar-refractivity contribution in [1.29, 1.82) is 0 Å². The number of ether oxygens (including phenoxy) is 1. The van der Waals surface area contributed by atoms with Gasteiger partial charge in [-0.3, -0.25) is 0 Å². The molecule has 0 atom stereocenters. The zero-order valence-corrected chi connectivity index (χ0v) is 15.4. The number of aryl methyl sites for hydroxylation is 2. The Morgan fingerprint density at radius 3 is 2.81 bits per heavy atom. The molecule has 0 aliphatic heterocycles. The lowest BCUT2D eigenvalue weighted by molar-refractivity contribution is 0.304. The third-order valence-corrected chi connectivity index (χ3v) is 4.95. The van der Waals surface area contributed by atoms with Gasteiger partial charge in [0.15, 0.2) is 0 Å². The molecular weight excluding hydrogens is 344 g/mol. The fourth-order valence-corrected chi connectivity index (χ4v) is 3.31. The van der Waals surface area contributed by atoms with Gasteiger partial charge in [0.2, 0.25) is 5.82 Å². The largest absolute Gasteiger partial charge is 0.489 e. The third kappa shape index (κ3) is 3.53. The minimum atomic E-state index is 0.490. The summed E-state index contributed by atoms with van der Waals surface area (Å²) in [5.74, 6) is 2.04. The Kier molecular flexibility index (Phi) is 4.54. The lowest BCUT2D eigenvalue weighted by atomic mass is 10.1. The molecule has 130 valence electrons. The molecule has 2 aromatic carbocycles. The van der Waals surface area contributed by atoms with E-state index in [1.165, 1.54) is 5.56 Å². The van der Waals surface area contributed by atoms with Crippen molar-refractivity contribution in [3.05, 3.63) is 76.7 Å². The number of thiophene rings is 1. The van der Waals surface area contributed by atoms with Crippen LogP contribution in [0.2, 0.25) is 0 Å². The van der Waals surface area contributed by atoms with Crippen molar-refractivity contribution in [3.63, 3.8) is 0 Å². The fraction of sp³-hybridized carbons (Fsp3) is 0.143. The van der Waals surface area contributed by atoms with E-state index in [2.05, 4.69) is 42.2 Å². The SMILES string of the molecule is Cc1ccc(C)c(OCc2cccc(-c3nc(-c4cccs4)no3)c2)c1. The van der Waals surface area contributed by atoms with E-state index in [-0.39, 0.29) is 0 Å². The van der Waals surface area contributed by atoms with E-state index in [0.717, 1.165) is 27.3 Å². The van der Waals surface area contributed by atoms with Crippen LogP contribution in [0.15, 0.2) is 64.5 Å². The van der Waals surface area contributed by atoms with Gasteiger partial charge in [-0.25, -0.2) is 0 Å². The Balaban J connectivity index is 1.52. The summed E-state index contributed by atoms with van der Waals surface area (Å²) < 4.78 is 11.4. The second kappa shape index (κ2) is 7.14. The Bertz CT molecular complexity index is 1020. The molecule has 0 spiro atoms. The average Bonchev–Trinajstić information content (AvgIpc) is 3.34. The maximum atomic E-state index is 5.99. The van der Waals surface area contributed by atoms with Crippen LogP contribution in [0.3, 0.4) is 0 Å².